The van der Waals surface area contributed by atoms with Crippen LogP contribution >= 0.6 is 11.3 Å². The molecule has 156 valence electrons. The second-order valence-corrected chi connectivity index (χ2v) is 8.86. The van der Waals surface area contributed by atoms with Crippen molar-refractivity contribution in [2.24, 2.45) is 11.7 Å². The molecule has 1 atom stereocenters. The molecular weight excluding hydrogens is 405 g/mol. The molecule has 2 amide bonds. The fourth-order valence-electron chi connectivity index (χ4n) is 4.27. The van der Waals surface area contributed by atoms with Crippen LogP contribution in [0.3, 0.4) is 0 Å². The Bertz CT molecular complexity index is 993. The van der Waals surface area contributed by atoms with Crippen LogP contribution in [-0.4, -0.2) is 21.6 Å². The fourth-order valence-corrected chi connectivity index (χ4v) is 5.70. The molecule has 29 heavy (non-hydrogen) atoms. The summed E-state index contributed by atoms with van der Waals surface area (Å²) in [4.78, 5) is 25.6. The number of nitrogens with zero attached hydrogens (tertiary/aromatic N) is 2. The Morgan fingerprint density at radius 1 is 1.28 bits per heavy atom. The van der Waals surface area contributed by atoms with Crippen LogP contribution in [-0.2, 0) is 43.2 Å². The van der Waals surface area contributed by atoms with E-state index in [1.54, 1.807) is 0 Å². The van der Waals surface area contributed by atoms with Crippen LogP contribution in [0.1, 0.15) is 57.5 Å². The number of rotatable bonds is 4. The van der Waals surface area contributed by atoms with Crippen molar-refractivity contribution in [3.63, 3.8) is 0 Å². The number of aromatic nitrogens is 2. The van der Waals surface area contributed by atoms with Crippen LogP contribution in [0, 0.1) is 5.92 Å². The molecule has 0 saturated heterocycles. The third kappa shape index (κ3) is 3.65. The summed E-state index contributed by atoms with van der Waals surface area (Å²) in [6.07, 6.45) is -0.674. The molecule has 0 spiro atoms. The minimum Gasteiger partial charge on any atom is -0.365 e. The number of primary amides is 1. The highest BCUT2D eigenvalue weighted by atomic mass is 32.1. The molecule has 0 fully saturated rings. The molecule has 0 radical (unpaired) electrons. The average Bonchev–Trinajstić information content (AvgIpc) is 3.27. The van der Waals surface area contributed by atoms with E-state index in [9.17, 15) is 22.8 Å². The van der Waals surface area contributed by atoms with E-state index in [0.717, 1.165) is 34.4 Å². The summed E-state index contributed by atoms with van der Waals surface area (Å²) in [5.74, 6) is -0.644. The van der Waals surface area contributed by atoms with Gasteiger partial charge < -0.3 is 11.1 Å². The Morgan fingerprint density at radius 2 is 2.03 bits per heavy atom. The summed E-state index contributed by atoms with van der Waals surface area (Å²) in [5.41, 5.74) is 6.49. The van der Waals surface area contributed by atoms with E-state index in [1.807, 2.05) is 0 Å². The maximum absolute atomic E-state index is 13.2. The van der Waals surface area contributed by atoms with Gasteiger partial charge in [0.2, 0.25) is 5.91 Å². The molecule has 2 aliphatic carbocycles. The predicted molar refractivity (Wildman–Crippen MR) is 102 cm³/mol. The van der Waals surface area contributed by atoms with Crippen molar-refractivity contribution >= 4 is 28.2 Å². The molecule has 2 heterocycles. The maximum Gasteiger partial charge on any atom is 0.435 e. The zero-order valence-electron chi connectivity index (χ0n) is 15.9. The van der Waals surface area contributed by atoms with Crippen LogP contribution in [0.2, 0.25) is 0 Å². The molecular formula is C19H21F3N4O2S. The summed E-state index contributed by atoms with van der Waals surface area (Å²) in [7, 11) is 0. The number of nitrogens with two attached hydrogens (primary N) is 1. The van der Waals surface area contributed by atoms with Crippen molar-refractivity contribution in [1.82, 2.24) is 9.78 Å². The Morgan fingerprint density at radius 3 is 2.72 bits per heavy atom. The molecule has 2 aromatic rings. The zero-order chi connectivity index (χ0) is 20.9. The van der Waals surface area contributed by atoms with Crippen LogP contribution in [0.4, 0.5) is 18.2 Å². The predicted octanol–water partition coefficient (Wildman–Crippen LogP) is 3.31. The summed E-state index contributed by atoms with van der Waals surface area (Å²) >= 11 is 1.33. The van der Waals surface area contributed by atoms with Crippen molar-refractivity contribution in [3.05, 3.63) is 33.0 Å². The van der Waals surface area contributed by atoms with E-state index >= 15 is 0 Å². The molecule has 2 aliphatic rings. The first-order chi connectivity index (χ1) is 13.6. The Labute approximate surface area is 169 Å². The summed E-state index contributed by atoms with van der Waals surface area (Å²) in [6, 6.07) is 0. The van der Waals surface area contributed by atoms with Gasteiger partial charge in [0.15, 0.2) is 5.69 Å². The lowest BCUT2D eigenvalue weighted by Gasteiger charge is -2.18. The second kappa shape index (κ2) is 7.16. The number of hydrogen-bond acceptors (Lipinski definition) is 4. The van der Waals surface area contributed by atoms with Gasteiger partial charge >= 0.3 is 6.18 Å². The molecule has 0 saturated carbocycles. The summed E-state index contributed by atoms with van der Waals surface area (Å²) in [5, 5.41) is 6.72. The van der Waals surface area contributed by atoms with Crippen molar-refractivity contribution in [2.75, 3.05) is 5.32 Å². The summed E-state index contributed by atoms with van der Waals surface area (Å²) in [6.45, 7) is 1.79. The summed E-state index contributed by atoms with van der Waals surface area (Å²) < 4.78 is 40.8. The number of carbonyl (C=O) groups is 2. The molecule has 3 N–H and O–H groups in total. The number of amides is 2. The highest BCUT2D eigenvalue weighted by Crippen LogP contribution is 2.40. The number of halogens is 3. The van der Waals surface area contributed by atoms with Crippen LogP contribution in [0.25, 0.3) is 0 Å². The zero-order valence-corrected chi connectivity index (χ0v) is 16.7. The number of alkyl halides is 3. The van der Waals surface area contributed by atoms with Gasteiger partial charge in [0.25, 0.3) is 5.91 Å². The highest BCUT2D eigenvalue weighted by molar-refractivity contribution is 7.17. The van der Waals surface area contributed by atoms with Gasteiger partial charge in [0.1, 0.15) is 11.5 Å². The first-order valence-corrected chi connectivity index (χ1v) is 10.4. The number of thiophene rings is 1. The Balaban J connectivity index is 1.58. The van der Waals surface area contributed by atoms with Gasteiger partial charge in [0.05, 0.1) is 5.56 Å². The fraction of sp³-hybridized carbons (Fsp3) is 0.526. The lowest BCUT2D eigenvalue weighted by molar-refractivity contribution is -0.142. The minimum atomic E-state index is -4.54. The molecule has 10 heteroatoms. The Hall–Kier alpha value is -2.36. The minimum absolute atomic E-state index is 0.184. The van der Waals surface area contributed by atoms with Crippen molar-refractivity contribution in [1.29, 1.82) is 0 Å². The van der Waals surface area contributed by atoms with Crippen molar-refractivity contribution < 1.29 is 22.8 Å². The topological polar surface area (TPSA) is 90.0 Å². The molecule has 4 rings (SSSR count). The van der Waals surface area contributed by atoms with E-state index in [-0.39, 0.29) is 12.1 Å². The monoisotopic (exact) mass is 426 g/mol. The van der Waals surface area contributed by atoms with E-state index in [0.29, 0.717) is 41.4 Å². The normalized spacial score (nSPS) is 18.4. The van der Waals surface area contributed by atoms with Gasteiger partial charge in [-0.05, 0) is 50.0 Å². The maximum atomic E-state index is 13.2. The number of carbonyl (C=O) groups excluding carboxylic acids is 2. The number of anilines is 1. The highest BCUT2D eigenvalue weighted by Gasteiger charge is 2.40. The standard InChI is InChI=1S/C19H21F3N4O2S/c1-9-5-6-11-13(7-9)29-18(15(11)17(23)28)24-14(27)8-26-12-4-2-3-10(12)16(25-26)19(20,21)22/h9H,2-8H2,1H3,(H2,23,28)(H,24,27)/t9-/m0/s1. The lowest BCUT2D eigenvalue weighted by atomic mass is 9.88. The first kappa shape index (κ1) is 19.9. The molecule has 0 aliphatic heterocycles. The Kier molecular flexibility index (Phi) is 4.92. The van der Waals surface area contributed by atoms with E-state index in [1.165, 1.54) is 11.3 Å². The van der Waals surface area contributed by atoms with Gasteiger partial charge in [-0.3, -0.25) is 14.3 Å². The molecule has 6 nitrogen and oxygen atoms in total. The van der Waals surface area contributed by atoms with Crippen LogP contribution < -0.4 is 11.1 Å². The number of nitrogens with one attached hydrogen (secondary N) is 1. The van der Waals surface area contributed by atoms with E-state index < -0.39 is 23.7 Å². The smallest absolute Gasteiger partial charge is 0.365 e. The second-order valence-electron chi connectivity index (χ2n) is 7.75. The third-order valence-corrected chi connectivity index (χ3v) is 6.75. The van der Waals surface area contributed by atoms with E-state index in [4.69, 9.17) is 5.73 Å². The van der Waals surface area contributed by atoms with Crippen LogP contribution in [0.5, 0.6) is 0 Å². The quantitative estimate of drug-likeness (QED) is 0.786. The van der Waals surface area contributed by atoms with Gasteiger partial charge in [-0.15, -0.1) is 11.3 Å². The van der Waals surface area contributed by atoms with Crippen LogP contribution in [0.15, 0.2) is 0 Å². The molecule has 0 bridgehead atoms. The lowest BCUT2D eigenvalue weighted by Crippen LogP contribution is -2.23. The molecule has 2 aromatic heterocycles. The molecule has 0 aromatic carbocycles. The average molecular weight is 426 g/mol. The number of hydrogen-bond donors (Lipinski definition) is 2. The molecule has 0 unspecified atom stereocenters. The largest absolute Gasteiger partial charge is 0.435 e. The van der Waals surface area contributed by atoms with Gasteiger partial charge in [-0.1, -0.05) is 6.92 Å². The van der Waals surface area contributed by atoms with Gasteiger partial charge in [0, 0.05) is 16.1 Å². The third-order valence-electron chi connectivity index (χ3n) is 5.58. The SMILES string of the molecule is C[C@H]1CCc2c(sc(NC(=O)Cn3nc(C(F)(F)F)c4c3CCC4)c2C(N)=O)C1. The number of fused-ring (bicyclic) bond motifs is 2. The van der Waals surface area contributed by atoms with Gasteiger partial charge in [-0.25, -0.2) is 0 Å². The first-order valence-electron chi connectivity index (χ1n) is 9.55. The van der Waals surface area contributed by atoms with E-state index in [2.05, 4.69) is 17.3 Å². The van der Waals surface area contributed by atoms with Crippen molar-refractivity contribution in [3.8, 4) is 0 Å². The van der Waals surface area contributed by atoms with Crippen molar-refractivity contribution in [2.45, 2.75) is 58.2 Å². The van der Waals surface area contributed by atoms with Gasteiger partial charge in [-0.2, -0.15) is 18.3 Å².